The molecule has 0 spiro atoms. The highest BCUT2D eigenvalue weighted by Gasteiger charge is 2.11. The monoisotopic (exact) mass is 260 g/mol. The number of likely N-dealkylation sites (N-methyl/N-ethyl adjacent to an activating group) is 1. The van der Waals surface area contributed by atoms with Crippen LogP contribution >= 0.6 is 0 Å². The van der Waals surface area contributed by atoms with E-state index in [1.165, 1.54) is 6.07 Å². The van der Waals surface area contributed by atoms with Crippen molar-refractivity contribution in [3.8, 4) is 0 Å². The summed E-state index contributed by atoms with van der Waals surface area (Å²) in [5, 5.41) is 6.26. The van der Waals surface area contributed by atoms with Gasteiger partial charge in [0.25, 0.3) is 5.91 Å². The van der Waals surface area contributed by atoms with Crippen LogP contribution in [-0.4, -0.2) is 25.5 Å². The van der Waals surface area contributed by atoms with Crippen molar-refractivity contribution < 1.29 is 9.21 Å². The Hall–Kier alpha value is -2.14. The van der Waals surface area contributed by atoms with Gasteiger partial charge in [0.1, 0.15) is 5.58 Å². The molecule has 2 aromatic rings. The molecule has 5 heteroatoms. The van der Waals surface area contributed by atoms with E-state index in [0.29, 0.717) is 24.1 Å². The van der Waals surface area contributed by atoms with Crippen molar-refractivity contribution in [2.24, 2.45) is 0 Å². The predicted molar refractivity (Wildman–Crippen MR) is 73.4 cm³/mol. The van der Waals surface area contributed by atoms with Crippen molar-refractivity contribution in [1.29, 1.82) is 0 Å². The SMILES string of the molecule is CCNCCNC(=O)c1cc(=O)c2ccccc2o1. The zero-order chi connectivity index (χ0) is 13.7. The van der Waals surface area contributed by atoms with Crippen LogP contribution in [0, 0.1) is 0 Å². The van der Waals surface area contributed by atoms with E-state index in [0.717, 1.165) is 6.54 Å². The van der Waals surface area contributed by atoms with Crippen molar-refractivity contribution in [3.05, 3.63) is 46.3 Å². The van der Waals surface area contributed by atoms with Crippen LogP contribution in [0.2, 0.25) is 0 Å². The van der Waals surface area contributed by atoms with E-state index >= 15 is 0 Å². The maximum absolute atomic E-state index is 11.8. The van der Waals surface area contributed by atoms with Crippen LogP contribution in [0.25, 0.3) is 11.0 Å². The summed E-state index contributed by atoms with van der Waals surface area (Å²) in [6, 6.07) is 8.10. The zero-order valence-electron chi connectivity index (χ0n) is 10.7. The van der Waals surface area contributed by atoms with E-state index in [4.69, 9.17) is 4.42 Å². The number of amides is 1. The normalized spacial score (nSPS) is 10.6. The second-order valence-electron chi connectivity index (χ2n) is 4.08. The Morgan fingerprint density at radius 2 is 2.05 bits per heavy atom. The molecule has 1 aromatic heterocycles. The molecule has 0 aliphatic carbocycles. The first-order chi connectivity index (χ1) is 9.22. The number of para-hydroxylation sites is 1. The van der Waals surface area contributed by atoms with Gasteiger partial charge in [0.2, 0.25) is 0 Å². The van der Waals surface area contributed by atoms with Crippen LogP contribution in [0.3, 0.4) is 0 Å². The van der Waals surface area contributed by atoms with Crippen LogP contribution in [0.15, 0.2) is 39.5 Å². The molecule has 1 heterocycles. The summed E-state index contributed by atoms with van der Waals surface area (Å²) >= 11 is 0. The van der Waals surface area contributed by atoms with Gasteiger partial charge in [0, 0.05) is 19.2 Å². The summed E-state index contributed by atoms with van der Waals surface area (Å²) in [5.41, 5.74) is 0.213. The van der Waals surface area contributed by atoms with Gasteiger partial charge in [-0.15, -0.1) is 0 Å². The largest absolute Gasteiger partial charge is 0.451 e. The number of carbonyl (C=O) groups is 1. The summed E-state index contributed by atoms with van der Waals surface area (Å²) in [6.07, 6.45) is 0. The molecule has 1 amide bonds. The molecule has 5 nitrogen and oxygen atoms in total. The maximum Gasteiger partial charge on any atom is 0.287 e. The molecule has 2 rings (SSSR count). The lowest BCUT2D eigenvalue weighted by Gasteiger charge is -2.05. The van der Waals surface area contributed by atoms with E-state index < -0.39 is 0 Å². The molecule has 0 radical (unpaired) electrons. The Kier molecular flexibility index (Phi) is 4.30. The average Bonchev–Trinajstić information content (AvgIpc) is 2.43. The predicted octanol–water partition coefficient (Wildman–Crippen LogP) is 1.13. The number of nitrogens with one attached hydrogen (secondary N) is 2. The lowest BCUT2D eigenvalue weighted by Crippen LogP contribution is -2.32. The molecule has 100 valence electrons. The summed E-state index contributed by atoms with van der Waals surface area (Å²) in [7, 11) is 0. The number of fused-ring (bicyclic) bond motifs is 1. The summed E-state index contributed by atoms with van der Waals surface area (Å²) < 4.78 is 5.43. The van der Waals surface area contributed by atoms with Gasteiger partial charge in [-0.3, -0.25) is 9.59 Å². The quantitative estimate of drug-likeness (QED) is 0.791. The Bertz CT molecular complexity index is 634. The molecule has 0 unspecified atom stereocenters. The summed E-state index contributed by atoms with van der Waals surface area (Å²) in [6.45, 7) is 4.01. The second-order valence-corrected chi connectivity index (χ2v) is 4.08. The number of hydrogen-bond donors (Lipinski definition) is 2. The van der Waals surface area contributed by atoms with Gasteiger partial charge in [-0.1, -0.05) is 19.1 Å². The van der Waals surface area contributed by atoms with Crippen molar-refractivity contribution >= 4 is 16.9 Å². The van der Waals surface area contributed by atoms with Crippen LogP contribution in [0.1, 0.15) is 17.5 Å². The van der Waals surface area contributed by atoms with Gasteiger partial charge in [-0.05, 0) is 18.7 Å². The molecule has 0 aliphatic rings. The number of rotatable bonds is 5. The molecule has 0 bridgehead atoms. The molecule has 1 aromatic carbocycles. The fourth-order valence-electron chi connectivity index (χ4n) is 1.74. The average molecular weight is 260 g/mol. The van der Waals surface area contributed by atoms with Crippen LogP contribution in [0.4, 0.5) is 0 Å². The van der Waals surface area contributed by atoms with Crippen molar-refractivity contribution in [2.45, 2.75) is 6.92 Å². The minimum Gasteiger partial charge on any atom is -0.451 e. The van der Waals surface area contributed by atoms with Crippen molar-refractivity contribution in [3.63, 3.8) is 0 Å². The number of carbonyl (C=O) groups excluding carboxylic acids is 1. The van der Waals surface area contributed by atoms with Gasteiger partial charge >= 0.3 is 0 Å². The lowest BCUT2D eigenvalue weighted by molar-refractivity contribution is 0.0927. The Labute approximate surface area is 110 Å². The highest BCUT2D eigenvalue weighted by atomic mass is 16.3. The Balaban J connectivity index is 2.16. The van der Waals surface area contributed by atoms with Crippen LogP contribution in [-0.2, 0) is 0 Å². The van der Waals surface area contributed by atoms with Crippen LogP contribution < -0.4 is 16.1 Å². The topological polar surface area (TPSA) is 71.3 Å². The lowest BCUT2D eigenvalue weighted by atomic mass is 10.2. The fourth-order valence-corrected chi connectivity index (χ4v) is 1.74. The standard InChI is InChI=1S/C14H16N2O3/c1-2-15-7-8-16-14(18)13-9-11(17)10-5-3-4-6-12(10)19-13/h3-6,9,15H,2,7-8H2,1H3,(H,16,18). The minimum atomic E-state index is -0.374. The fraction of sp³-hybridized carbons (Fsp3) is 0.286. The maximum atomic E-state index is 11.8. The van der Waals surface area contributed by atoms with E-state index in [9.17, 15) is 9.59 Å². The molecule has 2 N–H and O–H groups in total. The van der Waals surface area contributed by atoms with Crippen LogP contribution in [0.5, 0.6) is 0 Å². The van der Waals surface area contributed by atoms with E-state index in [-0.39, 0.29) is 17.1 Å². The Morgan fingerprint density at radius 3 is 2.84 bits per heavy atom. The summed E-state index contributed by atoms with van der Waals surface area (Å²) in [4.78, 5) is 23.7. The van der Waals surface area contributed by atoms with E-state index in [1.807, 2.05) is 6.92 Å². The molecule has 19 heavy (non-hydrogen) atoms. The minimum absolute atomic E-state index is 0.0419. The van der Waals surface area contributed by atoms with E-state index in [1.54, 1.807) is 24.3 Å². The highest BCUT2D eigenvalue weighted by molar-refractivity contribution is 5.93. The van der Waals surface area contributed by atoms with Gasteiger partial charge < -0.3 is 15.1 Å². The smallest absolute Gasteiger partial charge is 0.287 e. The second kappa shape index (κ2) is 6.15. The van der Waals surface area contributed by atoms with Crippen molar-refractivity contribution in [2.75, 3.05) is 19.6 Å². The number of benzene rings is 1. The molecular formula is C14H16N2O3. The first-order valence-electron chi connectivity index (χ1n) is 6.24. The first-order valence-corrected chi connectivity index (χ1v) is 6.24. The molecule has 0 saturated heterocycles. The first kappa shape index (κ1) is 13.3. The Morgan fingerprint density at radius 1 is 1.26 bits per heavy atom. The molecule has 0 atom stereocenters. The van der Waals surface area contributed by atoms with Gasteiger partial charge in [-0.25, -0.2) is 0 Å². The van der Waals surface area contributed by atoms with Gasteiger partial charge in [0.05, 0.1) is 5.39 Å². The number of hydrogen-bond acceptors (Lipinski definition) is 4. The third-order valence-electron chi connectivity index (χ3n) is 2.70. The van der Waals surface area contributed by atoms with Crippen molar-refractivity contribution in [1.82, 2.24) is 10.6 Å². The van der Waals surface area contributed by atoms with Gasteiger partial charge in [0.15, 0.2) is 11.2 Å². The van der Waals surface area contributed by atoms with Gasteiger partial charge in [-0.2, -0.15) is 0 Å². The third kappa shape index (κ3) is 3.20. The molecule has 0 saturated carbocycles. The highest BCUT2D eigenvalue weighted by Crippen LogP contribution is 2.11. The zero-order valence-corrected chi connectivity index (χ0v) is 10.7. The molecular weight excluding hydrogens is 244 g/mol. The molecule has 0 fully saturated rings. The third-order valence-corrected chi connectivity index (χ3v) is 2.70. The molecule has 0 aliphatic heterocycles. The summed E-state index contributed by atoms with van der Waals surface area (Å²) in [5.74, 6) is -0.332. The van der Waals surface area contributed by atoms with E-state index in [2.05, 4.69) is 10.6 Å².